The molecule has 1 aromatic carbocycles. The fraction of sp³-hybridized carbons (Fsp3) is 0.467. The SMILES string of the molecule is CN(C)[C@H]1CCCN(S(=O)(=O)c2cc3ccccc3o2)C1. The first-order chi connectivity index (χ1) is 9.98. The number of likely N-dealkylation sites (N-methyl/N-ethyl adjacent to an activating group) is 1. The van der Waals surface area contributed by atoms with Gasteiger partial charge in [0.2, 0.25) is 5.09 Å². The monoisotopic (exact) mass is 308 g/mol. The molecule has 5 nitrogen and oxygen atoms in total. The van der Waals surface area contributed by atoms with Crippen molar-refractivity contribution in [3.05, 3.63) is 30.3 Å². The highest BCUT2D eigenvalue weighted by Crippen LogP contribution is 2.27. The van der Waals surface area contributed by atoms with E-state index in [0.717, 1.165) is 18.2 Å². The number of nitrogens with zero attached hydrogens (tertiary/aromatic N) is 2. The molecule has 2 heterocycles. The van der Waals surface area contributed by atoms with Gasteiger partial charge in [-0.15, -0.1) is 0 Å². The molecule has 2 aromatic rings. The smallest absolute Gasteiger partial charge is 0.276 e. The Hall–Kier alpha value is -1.37. The fourth-order valence-corrected chi connectivity index (χ4v) is 4.24. The van der Waals surface area contributed by atoms with Crippen LogP contribution in [0.1, 0.15) is 12.8 Å². The third kappa shape index (κ3) is 2.71. The van der Waals surface area contributed by atoms with Crippen molar-refractivity contribution < 1.29 is 12.8 Å². The van der Waals surface area contributed by atoms with Gasteiger partial charge in [0.1, 0.15) is 5.58 Å². The van der Waals surface area contributed by atoms with Gasteiger partial charge in [-0.05, 0) is 33.0 Å². The second-order valence-corrected chi connectivity index (χ2v) is 7.59. The number of hydrogen-bond acceptors (Lipinski definition) is 4. The fourth-order valence-electron chi connectivity index (χ4n) is 2.77. The zero-order valence-electron chi connectivity index (χ0n) is 12.3. The van der Waals surface area contributed by atoms with Gasteiger partial charge >= 0.3 is 0 Å². The summed E-state index contributed by atoms with van der Waals surface area (Å²) in [6, 6.07) is 9.23. The van der Waals surface area contributed by atoms with E-state index in [2.05, 4.69) is 4.90 Å². The number of benzene rings is 1. The maximum atomic E-state index is 12.7. The van der Waals surface area contributed by atoms with Crippen LogP contribution in [0.4, 0.5) is 0 Å². The highest BCUT2D eigenvalue weighted by molar-refractivity contribution is 7.89. The van der Waals surface area contributed by atoms with Crippen LogP contribution >= 0.6 is 0 Å². The van der Waals surface area contributed by atoms with Crippen LogP contribution in [0.3, 0.4) is 0 Å². The summed E-state index contributed by atoms with van der Waals surface area (Å²) in [6.07, 6.45) is 1.90. The Morgan fingerprint density at radius 3 is 2.76 bits per heavy atom. The van der Waals surface area contributed by atoms with Gasteiger partial charge in [-0.1, -0.05) is 18.2 Å². The molecule has 1 fully saturated rings. The van der Waals surface area contributed by atoms with Crippen molar-refractivity contribution >= 4 is 21.0 Å². The van der Waals surface area contributed by atoms with Gasteiger partial charge in [-0.3, -0.25) is 0 Å². The molecule has 0 aliphatic carbocycles. The van der Waals surface area contributed by atoms with Crippen LogP contribution in [-0.4, -0.2) is 50.8 Å². The quantitative estimate of drug-likeness (QED) is 0.872. The zero-order chi connectivity index (χ0) is 15.0. The Bertz CT molecular complexity index is 703. The molecule has 1 atom stereocenters. The van der Waals surface area contributed by atoms with Gasteiger partial charge in [0, 0.05) is 30.6 Å². The first kappa shape index (κ1) is 14.6. The van der Waals surface area contributed by atoms with Crippen molar-refractivity contribution in [2.75, 3.05) is 27.2 Å². The van der Waals surface area contributed by atoms with Gasteiger partial charge in [-0.25, -0.2) is 8.42 Å². The maximum Gasteiger partial charge on any atom is 0.276 e. The largest absolute Gasteiger partial charge is 0.443 e. The normalized spacial score (nSPS) is 21.2. The molecule has 0 spiro atoms. The van der Waals surface area contributed by atoms with Crippen LogP contribution in [-0.2, 0) is 10.0 Å². The minimum absolute atomic E-state index is 0.0445. The maximum absolute atomic E-state index is 12.7. The average molecular weight is 308 g/mol. The van der Waals surface area contributed by atoms with E-state index < -0.39 is 10.0 Å². The second kappa shape index (κ2) is 5.44. The van der Waals surface area contributed by atoms with Crippen LogP contribution in [0.25, 0.3) is 11.0 Å². The number of fused-ring (bicyclic) bond motifs is 1. The predicted octanol–water partition coefficient (Wildman–Crippen LogP) is 2.15. The van der Waals surface area contributed by atoms with E-state index in [9.17, 15) is 8.42 Å². The van der Waals surface area contributed by atoms with Gasteiger partial charge in [0.15, 0.2) is 0 Å². The van der Waals surface area contributed by atoms with Crippen LogP contribution in [0.2, 0.25) is 0 Å². The summed E-state index contributed by atoms with van der Waals surface area (Å²) in [5.41, 5.74) is 0.609. The predicted molar refractivity (Wildman–Crippen MR) is 81.7 cm³/mol. The van der Waals surface area contributed by atoms with E-state index in [1.54, 1.807) is 16.4 Å². The number of hydrogen-bond donors (Lipinski definition) is 0. The van der Waals surface area contributed by atoms with Gasteiger partial charge in [0.25, 0.3) is 10.0 Å². The standard InChI is InChI=1S/C15H20N2O3S/c1-16(2)13-7-5-9-17(11-13)21(18,19)15-10-12-6-3-4-8-14(12)20-15/h3-4,6,8,10,13H,5,7,9,11H2,1-2H3/t13-/m0/s1. The molecular weight excluding hydrogens is 288 g/mol. The zero-order valence-corrected chi connectivity index (χ0v) is 13.1. The molecule has 1 aliphatic rings. The van der Waals surface area contributed by atoms with Crippen LogP contribution in [0.5, 0.6) is 0 Å². The molecule has 0 bridgehead atoms. The summed E-state index contributed by atoms with van der Waals surface area (Å²) in [7, 11) is 0.426. The summed E-state index contributed by atoms with van der Waals surface area (Å²) in [4.78, 5) is 2.08. The highest BCUT2D eigenvalue weighted by atomic mass is 32.2. The molecule has 21 heavy (non-hydrogen) atoms. The summed E-state index contributed by atoms with van der Waals surface area (Å²) in [5, 5.41) is 0.861. The van der Waals surface area contributed by atoms with Gasteiger partial charge in [-0.2, -0.15) is 4.31 Å². The molecule has 0 N–H and O–H groups in total. The van der Waals surface area contributed by atoms with Crippen molar-refractivity contribution in [1.29, 1.82) is 0 Å². The number of para-hydroxylation sites is 1. The van der Waals surface area contributed by atoms with Crippen molar-refractivity contribution in [1.82, 2.24) is 9.21 Å². The number of furan rings is 1. The molecule has 0 saturated carbocycles. The van der Waals surface area contributed by atoms with Crippen molar-refractivity contribution in [2.24, 2.45) is 0 Å². The first-order valence-corrected chi connectivity index (χ1v) is 8.57. The molecule has 1 aliphatic heterocycles. The third-order valence-electron chi connectivity index (χ3n) is 4.09. The van der Waals surface area contributed by atoms with E-state index >= 15 is 0 Å². The molecular formula is C15H20N2O3S. The highest BCUT2D eigenvalue weighted by Gasteiger charge is 2.33. The summed E-state index contributed by atoms with van der Waals surface area (Å²) < 4.78 is 32.6. The number of sulfonamides is 1. The number of piperidine rings is 1. The van der Waals surface area contributed by atoms with Crippen LogP contribution < -0.4 is 0 Å². The van der Waals surface area contributed by atoms with Crippen LogP contribution in [0, 0.1) is 0 Å². The number of rotatable bonds is 3. The van der Waals surface area contributed by atoms with E-state index in [1.807, 2.05) is 32.3 Å². The molecule has 3 rings (SSSR count). The summed E-state index contributed by atoms with van der Waals surface area (Å²) in [5.74, 6) is 0. The Labute approximate surface area is 125 Å². The third-order valence-corrected chi connectivity index (χ3v) is 5.81. The second-order valence-electron chi connectivity index (χ2n) is 5.73. The van der Waals surface area contributed by atoms with E-state index in [0.29, 0.717) is 18.7 Å². The minimum atomic E-state index is -3.55. The lowest BCUT2D eigenvalue weighted by molar-refractivity contribution is 0.188. The lowest BCUT2D eigenvalue weighted by atomic mass is 10.1. The Balaban J connectivity index is 1.92. The molecule has 114 valence electrons. The molecule has 0 amide bonds. The Morgan fingerprint density at radius 2 is 2.05 bits per heavy atom. The lowest BCUT2D eigenvalue weighted by Gasteiger charge is -2.34. The minimum Gasteiger partial charge on any atom is -0.443 e. The van der Waals surface area contributed by atoms with Gasteiger partial charge in [0.05, 0.1) is 0 Å². The van der Waals surface area contributed by atoms with Crippen molar-refractivity contribution in [3.8, 4) is 0 Å². The topological polar surface area (TPSA) is 53.8 Å². The van der Waals surface area contributed by atoms with Crippen molar-refractivity contribution in [2.45, 2.75) is 24.0 Å². The molecule has 1 aromatic heterocycles. The van der Waals surface area contributed by atoms with E-state index in [4.69, 9.17) is 4.42 Å². The molecule has 0 unspecified atom stereocenters. The summed E-state index contributed by atoms with van der Waals surface area (Å²) >= 11 is 0. The Kier molecular flexibility index (Phi) is 3.77. The Morgan fingerprint density at radius 1 is 1.29 bits per heavy atom. The lowest BCUT2D eigenvalue weighted by Crippen LogP contribution is -2.47. The average Bonchev–Trinajstić information content (AvgIpc) is 2.92. The van der Waals surface area contributed by atoms with Gasteiger partial charge < -0.3 is 9.32 Å². The summed E-state index contributed by atoms with van der Waals surface area (Å²) in [6.45, 7) is 1.08. The first-order valence-electron chi connectivity index (χ1n) is 7.13. The molecule has 1 saturated heterocycles. The molecule has 6 heteroatoms. The van der Waals surface area contributed by atoms with E-state index in [1.165, 1.54) is 0 Å². The van der Waals surface area contributed by atoms with Crippen molar-refractivity contribution in [3.63, 3.8) is 0 Å². The van der Waals surface area contributed by atoms with Crippen LogP contribution in [0.15, 0.2) is 39.8 Å². The molecule has 0 radical (unpaired) electrons. The van der Waals surface area contributed by atoms with E-state index in [-0.39, 0.29) is 11.1 Å².